The number of carbonyl (C=O) groups excluding carboxylic acids is 2. The molecule has 4 nitrogen and oxygen atoms in total. The fourth-order valence-electron chi connectivity index (χ4n) is 3.03. The summed E-state index contributed by atoms with van der Waals surface area (Å²) in [4.78, 5) is 25.1. The highest BCUT2D eigenvalue weighted by Crippen LogP contribution is 2.47. The SMILES string of the molecule is C/C=C1/CC(C(=O)OCC)(C(=O)OCC)C/C1=C\c1ccccc1. The molecule has 2 rings (SSSR count). The van der Waals surface area contributed by atoms with Crippen molar-refractivity contribution in [2.24, 2.45) is 5.41 Å². The molecule has 0 heterocycles. The summed E-state index contributed by atoms with van der Waals surface area (Å²) in [6, 6.07) is 9.86. The number of allylic oxidation sites excluding steroid dienone is 3. The highest BCUT2D eigenvalue weighted by Gasteiger charge is 2.54. The average Bonchev–Trinajstić information content (AvgIpc) is 2.96. The summed E-state index contributed by atoms with van der Waals surface area (Å²) >= 11 is 0. The van der Waals surface area contributed by atoms with E-state index in [4.69, 9.17) is 9.47 Å². The second-order valence-corrected chi connectivity index (χ2v) is 5.77. The van der Waals surface area contributed by atoms with Gasteiger partial charge in [-0.15, -0.1) is 0 Å². The standard InChI is InChI=1S/C20H24O4/c1-4-16-13-20(18(21)23-5-2,19(22)24-6-3)14-17(16)12-15-10-8-7-9-11-15/h4,7-12H,5-6,13-14H2,1-3H3/b16-4-,17-12+. The van der Waals surface area contributed by atoms with E-state index >= 15 is 0 Å². The molecule has 0 amide bonds. The van der Waals surface area contributed by atoms with Crippen molar-refractivity contribution in [3.8, 4) is 0 Å². The molecule has 4 heteroatoms. The summed E-state index contributed by atoms with van der Waals surface area (Å²) in [5.41, 5.74) is 1.73. The number of esters is 2. The van der Waals surface area contributed by atoms with Gasteiger partial charge in [-0.3, -0.25) is 9.59 Å². The van der Waals surface area contributed by atoms with Gasteiger partial charge in [0.25, 0.3) is 0 Å². The number of hydrogen-bond donors (Lipinski definition) is 0. The number of ether oxygens (including phenoxy) is 2. The molecule has 0 radical (unpaired) electrons. The first-order valence-corrected chi connectivity index (χ1v) is 8.33. The van der Waals surface area contributed by atoms with Gasteiger partial charge in [-0.25, -0.2) is 0 Å². The predicted octanol–water partition coefficient (Wildman–Crippen LogP) is 3.92. The second-order valence-electron chi connectivity index (χ2n) is 5.77. The van der Waals surface area contributed by atoms with E-state index in [0.29, 0.717) is 12.8 Å². The Morgan fingerprint density at radius 1 is 1.00 bits per heavy atom. The molecule has 0 atom stereocenters. The van der Waals surface area contributed by atoms with E-state index in [2.05, 4.69) is 0 Å². The molecule has 0 spiro atoms. The lowest BCUT2D eigenvalue weighted by atomic mass is 9.85. The number of benzene rings is 1. The molecule has 1 aromatic rings. The van der Waals surface area contributed by atoms with Crippen molar-refractivity contribution < 1.29 is 19.1 Å². The van der Waals surface area contributed by atoms with Crippen molar-refractivity contribution in [3.63, 3.8) is 0 Å². The Balaban J connectivity index is 2.42. The van der Waals surface area contributed by atoms with Crippen molar-refractivity contribution in [2.75, 3.05) is 13.2 Å². The van der Waals surface area contributed by atoms with Crippen molar-refractivity contribution in [1.82, 2.24) is 0 Å². The van der Waals surface area contributed by atoms with Gasteiger partial charge >= 0.3 is 11.9 Å². The molecular formula is C20H24O4. The minimum atomic E-state index is -1.27. The third kappa shape index (κ3) is 3.58. The maximum absolute atomic E-state index is 12.6. The van der Waals surface area contributed by atoms with Gasteiger partial charge in [0.15, 0.2) is 5.41 Å². The van der Waals surface area contributed by atoms with E-state index in [1.807, 2.05) is 49.4 Å². The Bertz CT molecular complexity index is 637. The van der Waals surface area contributed by atoms with E-state index < -0.39 is 17.4 Å². The Morgan fingerprint density at radius 3 is 2.04 bits per heavy atom. The lowest BCUT2D eigenvalue weighted by molar-refractivity contribution is -0.171. The predicted molar refractivity (Wildman–Crippen MR) is 93.1 cm³/mol. The molecular weight excluding hydrogens is 304 g/mol. The third-order valence-corrected chi connectivity index (χ3v) is 4.22. The molecule has 0 unspecified atom stereocenters. The smallest absolute Gasteiger partial charge is 0.324 e. The largest absolute Gasteiger partial charge is 0.465 e. The van der Waals surface area contributed by atoms with Gasteiger partial charge in [0, 0.05) is 0 Å². The molecule has 0 aromatic heterocycles. The number of carbonyl (C=O) groups is 2. The van der Waals surface area contributed by atoms with Crippen LogP contribution in [0.25, 0.3) is 6.08 Å². The molecule has 0 aliphatic heterocycles. The summed E-state index contributed by atoms with van der Waals surface area (Å²) in [5.74, 6) is -1.00. The fraction of sp³-hybridized carbons (Fsp3) is 0.400. The zero-order valence-electron chi connectivity index (χ0n) is 14.5. The molecule has 24 heavy (non-hydrogen) atoms. The van der Waals surface area contributed by atoms with Crippen LogP contribution in [0.15, 0.2) is 47.6 Å². The Kier molecular flexibility index (Phi) is 5.96. The first kappa shape index (κ1) is 18.0. The number of hydrogen-bond acceptors (Lipinski definition) is 4. The quantitative estimate of drug-likeness (QED) is 0.607. The van der Waals surface area contributed by atoms with Gasteiger partial charge in [-0.2, -0.15) is 0 Å². The van der Waals surface area contributed by atoms with Gasteiger partial charge in [0.2, 0.25) is 0 Å². The fourth-order valence-corrected chi connectivity index (χ4v) is 3.03. The summed E-state index contributed by atoms with van der Waals surface area (Å²) in [6.45, 7) is 5.87. The normalized spacial score (nSPS) is 19.5. The molecule has 0 saturated heterocycles. The summed E-state index contributed by atoms with van der Waals surface area (Å²) < 4.78 is 10.4. The van der Waals surface area contributed by atoms with Crippen LogP contribution in [0.5, 0.6) is 0 Å². The third-order valence-electron chi connectivity index (χ3n) is 4.22. The molecule has 128 valence electrons. The minimum Gasteiger partial charge on any atom is -0.465 e. The van der Waals surface area contributed by atoms with Crippen LogP contribution in [-0.4, -0.2) is 25.2 Å². The zero-order chi connectivity index (χ0) is 17.6. The minimum absolute atomic E-state index is 0.239. The Morgan fingerprint density at radius 2 is 1.54 bits per heavy atom. The maximum atomic E-state index is 12.6. The number of rotatable bonds is 5. The Labute approximate surface area is 143 Å². The van der Waals surface area contributed by atoms with Crippen LogP contribution in [0.2, 0.25) is 0 Å². The summed E-state index contributed by atoms with van der Waals surface area (Å²) in [6.07, 6.45) is 4.60. The Hall–Kier alpha value is -2.36. The van der Waals surface area contributed by atoms with Crippen LogP contribution in [0, 0.1) is 5.41 Å². The van der Waals surface area contributed by atoms with E-state index in [1.54, 1.807) is 13.8 Å². The second kappa shape index (κ2) is 7.95. The topological polar surface area (TPSA) is 52.6 Å². The summed E-state index contributed by atoms with van der Waals surface area (Å²) in [7, 11) is 0. The molecule has 1 saturated carbocycles. The van der Waals surface area contributed by atoms with E-state index in [0.717, 1.165) is 16.7 Å². The van der Waals surface area contributed by atoms with E-state index in [1.165, 1.54) is 0 Å². The highest BCUT2D eigenvalue weighted by molar-refractivity contribution is 6.02. The van der Waals surface area contributed by atoms with Crippen molar-refractivity contribution in [1.29, 1.82) is 0 Å². The lowest BCUT2D eigenvalue weighted by Gasteiger charge is -2.23. The first-order valence-electron chi connectivity index (χ1n) is 8.33. The molecule has 1 fully saturated rings. The molecule has 0 bridgehead atoms. The highest BCUT2D eigenvalue weighted by atomic mass is 16.6. The molecule has 1 aliphatic carbocycles. The van der Waals surface area contributed by atoms with Crippen molar-refractivity contribution in [2.45, 2.75) is 33.6 Å². The van der Waals surface area contributed by atoms with Crippen LogP contribution in [-0.2, 0) is 19.1 Å². The van der Waals surface area contributed by atoms with Gasteiger partial charge in [-0.1, -0.05) is 42.5 Å². The maximum Gasteiger partial charge on any atom is 0.324 e. The van der Waals surface area contributed by atoms with Crippen LogP contribution in [0.1, 0.15) is 39.2 Å². The molecule has 0 N–H and O–H groups in total. The van der Waals surface area contributed by atoms with Crippen LogP contribution >= 0.6 is 0 Å². The van der Waals surface area contributed by atoms with Gasteiger partial charge in [-0.05, 0) is 50.3 Å². The van der Waals surface area contributed by atoms with Crippen LogP contribution < -0.4 is 0 Å². The molecule has 1 aliphatic rings. The zero-order valence-corrected chi connectivity index (χ0v) is 14.5. The monoisotopic (exact) mass is 328 g/mol. The van der Waals surface area contributed by atoms with Gasteiger partial charge in [0.05, 0.1) is 13.2 Å². The lowest BCUT2D eigenvalue weighted by Crippen LogP contribution is -2.39. The summed E-state index contributed by atoms with van der Waals surface area (Å²) in [5, 5.41) is 0. The first-order chi connectivity index (χ1) is 11.6. The van der Waals surface area contributed by atoms with Crippen LogP contribution in [0.4, 0.5) is 0 Å². The van der Waals surface area contributed by atoms with Crippen molar-refractivity contribution >= 4 is 18.0 Å². The van der Waals surface area contributed by atoms with E-state index in [-0.39, 0.29) is 13.2 Å². The van der Waals surface area contributed by atoms with E-state index in [9.17, 15) is 9.59 Å². The van der Waals surface area contributed by atoms with Crippen LogP contribution in [0.3, 0.4) is 0 Å². The average molecular weight is 328 g/mol. The molecule has 1 aromatic carbocycles. The van der Waals surface area contributed by atoms with Crippen molar-refractivity contribution in [3.05, 3.63) is 53.1 Å². The van der Waals surface area contributed by atoms with Gasteiger partial charge in [0.1, 0.15) is 0 Å². The van der Waals surface area contributed by atoms with Gasteiger partial charge < -0.3 is 9.47 Å².